The maximum absolute atomic E-state index is 5.97. The van der Waals surface area contributed by atoms with Crippen LogP contribution in [-0.4, -0.2) is 17.8 Å². The highest BCUT2D eigenvalue weighted by Crippen LogP contribution is 2.25. The number of nitrogens with two attached hydrogens (primary N) is 1. The molecule has 2 aromatic rings. The van der Waals surface area contributed by atoms with Gasteiger partial charge in [-0.15, -0.1) is 17.2 Å². The Bertz CT molecular complexity index is 645. The molecular weight excluding hydrogens is 310 g/mol. The molecule has 124 valence electrons. The van der Waals surface area contributed by atoms with Gasteiger partial charge in [-0.2, -0.15) is 0 Å². The van der Waals surface area contributed by atoms with E-state index in [4.69, 9.17) is 10.6 Å². The lowest BCUT2D eigenvalue weighted by atomic mass is 10.1. The summed E-state index contributed by atoms with van der Waals surface area (Å²) in [5.41, 5.74) is 3.10. The number of aryl methyl sites for hydroxylation is 4. The van der Waals surface area contributed by atoms with Crippen LogP contribution in [-0.2, 0) is 17.8 Å². The van der Waals surface area contributed by atoms with Crippen molar-refractivity contribution >= 4 is 17.6 Å². The fourth-order valence-corrected chi connectivity index (χ4v) is 3.33. The molecular formula is C17H23N3O2S. The third kappa shape index (κ3) is 5.04. The molecule has 0 spiro atoms. The lowest BCUT2D eigenvalue weighted by Crippen LogP contribution is -2.02. The van der Waals surface area contributed by atoms with Crippen molar-refractivity contribution in [1.29, 1.82) is 0 Å². The Balaban J connectivity index is 1.88. The van der Waals surface area contributed by atoms with Gasteiger partial charge < -0.3 is 9.68 Å². The monoisotopic (exact) mass is 333 g/mol. The molecule has 1 aromatic carbocycles. The highest BCUT2D eigenvalue weighted by atomic mass is 32.1. The fourth-order valence-electron chi connectivity index (χ4n) is 2.42. The first-order chi connectivity index (χ1) is 11.1. The molecule has 0 saturated carbocycles. The second-order valence-electron chi connectivity index (χ2n) is 5.35. The van der Waals surface area contributed by atoms with Crippen LogP contribution in [0.15, 0.2) is 23.5 Å². The molecule has 1 heterocycles. The topological polar surface area (TPSA) is 69.7 Å². The van der Waals surface area contributed by atoms with Crippen LogP contribution in [0.25, 0.3) is 0 Å². The number of rotatable bonds is 8. The van der Waals surface area contributed by atoms with Gasteiger partial charge in [0.15, 0.2) is 0 Å². The minimum absolute atomic E-state index is 0.695. The summed E-state index contributed by atoms with van der Waals surface area (Å²) < 4.78 is 5.97. The van der Waals surface area contributed by atoms with E-state index in [1.807, 2.05) is 32.2 Å². The molecule has 0 bridgehead atoms. The van der Waals surface area contributed by atoms with E-state index < -0.39 is 0 Å². The number of hydrogen-bond acceptors (Lipinski definition) is 6. The van der Waals surface area contributed by atoms with E-state index in [0.29, 0.717) is 6.61 Å². The molecule has 0 fully saturated rings. The predicted molar refractivity (Wildman–Crippen MR) is 94.1 cm³/mol. The average Bonchev–Trinajstić information content (AvgIpc) is 2.99. The van der Waals surface area contributed by atoms with Crippen LogP contribution in [0, 0.1) is 13.8 Å². The van der Waals surface area contributed by atoms with E-state index in [1.165, 1.54) is 9.88 Å². The van der Waals surface area contributed by atoms with Gasteiger partial charge in [0.2, 0.25) is 0 Å². The zero-order valence-corrected chi connectivity index (χ0v) is 14.7. The first kappa shape index (κ1) is 17.4. The quantitative estimate of drug-likeness (QED) is 0.455. The lowest BCUT2D eigenvalue weighted by Gasteiger charge is -2.12. The van der Waals surface area contributed by atoms with Crippen LogP contribution < -0.4 is 10.6 Å². The molecule has 2 N–H and O–H groups in total. The molecule has 0 aliphatic heterocycles. The summed E-state index contributed by atoms with van der Waals surface area (Å²) in [6.45, 7) is 6.88. The first-order valence-electron chi connectivity index (χ1n) is 7.71. The Morgan fingerprint density at radius 1 is 1.30 bits per heavy atom. The maximum atomic E-state index is 5.97. The molecule has 0 atom stereocenters. The molecule has 0 saturated heterocycles. The van der Waals surface area contributed by atoms with Crippen molar-refractivity contribution < 1.29 is 9.68 Å². The summed E-state index contributed by atoms with van der Waals surface area (Å²) >= 11 is 1.79. The Labute approximate surface area is 141 Å². The van der Waals surface area contributed by atoms with E-state index in [0.717, 1.165) is 41.7 Å². The molecule has 0 unspecified atom stereocenters. The van der Waals surface area contributed by atoms with Gasteiger partial charge in [-0.1, -0.05) is 12.1 Å². The van der Waals surface area contributed by atoms with Gasteiger partial charge in [-0.05, 0) is 61.9 Å². The van der Waals surface area contributed by atoms with Crippen molar-refractivity contribution in [3.05, 3.63) is 44.9 Å². The van der Waals surface area contributed by atoms with E-state index in [1.54, 1.807) is 17.6 Å². The second-order valence-corrected chi connectivity index (χ2v) is 6.55. The number of aromatic nitrogens is 1. The summed E-state index contributed by atoms with van der Waals surface area (Å²) in [7, 11) is 0. The Hall–Kier alpha value is -1.92. The molecule has 6 heteroatoms. The molecule has 1 aromatic heterocycles. The molecule has 0 radical (unpaired) electrons. The van der Waals surface area contributed by atoms with Crippen molar-refractivity contribution in [2.24, 2.45) is 11.1 Å². The molecule has 5 nitrogen and oxygen atoms in total. The lowest BCUT2D eigenvalue weighted by molar-refractivity contribution is 0.150. The van der Waals surface area contributed by atoms with Crippen molar-refractivity contribution in [1.82, 2.24) is 4.98 Å². The smallest absolute Gasteiger partial charge is 0.125 e. The molecule has 0 amide bonds. The van der Waals surface area contributed by atoms with Gasteiger partial charge >= 0.3 is 0 Å². The highest BCUT2D eigenvalue weighted by Gasteiger charge is 2.06. The summed E-state index contributed by atoms with van der Waals surface area (Å²) in [4.78, 5) is 9.93. The van der Waals surface area contributed by atoms with Crippen LogP contribution in [0.2, 0.25) is 0 Å². The number of nitrogens with zero attached hydrogens (tertiary/aromatic N) is 2. The second kappa shape index (κ2) is 8.64. The standard InChI is InChI=1S/C17H23N3O2S/c1-4-16-19-11-15(23-16)6-5-7-21-17-12(2)8-14(9-13(17)3)10-20-22-18/h8-11H,4-7,18H2,1-3H3. The minimum atomic E-state index is 0.695. The summed E-state index contributed by atoms with van der Waals surface area (Å²) in [6.07, 6.45) is 6.56. The van der Waals surface area contributed by atoms with E-state index in [2.05, 4.69) is 22.0 Å². The summed E-state index contributed by atoms with van der Waals surface area (Å²) in [5, 5.41) is 4.78. The maximum Gasteiger partial charge on any atom is 0.125 e. The Kier molecular flexibility index (Phi) is 6.55. The Morgan fingerprint density at radius 3 is 2.65 bits per heavy atom. The van der Waals surface area contributed by atoms with Crippen LogP contribution in [0.4, 0.5) is 0 Å². The van der Waals surface area contributed by atoms with Crippen molar-refractivity contribution in [2.75, 3.05) is 6.61 Å². The molecule has 0 aliphatic rings. The fraction of sp³-hybridized carbons (Fsp3) is 0.412. The van der Waals surface area contributed by atoms with Crippen LogP contribution >= 0.6 is 11.3 Å². The van der Waals surface area contributed by atoms with Gasteiger partial charge in [0.1, 0.15) is 5.75 Å². The zero-order valence-electron chi connectivity index (χ0n) is 13.8. The molecule has 0 aliphatic carbocycles. The van der Waals surface area contributed by atoms with Gasteiger partial charge in [0.25, 0.3) is 0 Å². The average molecular weight is 333 g/mol. The van der Waals surface area contributed by atoms with Crippen LogP contribution in [0.1, 0.15) is 39.9 Å². The van der Waals surface area contributed by atoms with E-state index in [9.17, 15) is 0 Å². The summed E-state index contributed by atoms with van der Waals surface area (Å²) in [5.74, 6) is 5.83. The zero-order chi connectivity index (χ0) is 16.7. The van der Waals surface area contributed by atoms with Gasteiger partial charge in [-0.3, -0.25) is 0 Å². The third-order valence-electron chi connectivity index (χ3n) is 3.46. The molecule has 2 rings (SSSR count). The van der Waals surface area contributed by atoms with Crippen molar-refractivity contribution in [3.63, 3.8) is 0 Å². The van der Waals surface area contributed by atoms with E-state index in [-0.39, 0.29) is 0 Å². The normalized spacial score (nSPS) is 11.1. The van der Waals surface area contributed by atoms with Crippen molar-refractivity contribution in [3.8, 4) is 5.75 Å². The number of oxime groups is 1. The van der Waals surface area contributed by atoms with Gasteiger partial charge in [0.05, 0.1) is 17.8 Å². The minimum Gasteiger partial charge on any atom is -0.493 e. The number of thiazole rings is 1. The van der Waals surface area contributed by atoms with Gasteiger partial charge in [-0.25, -0.2) is 4.98 Å². The third-order valence-corrected chi connectivity index (χ3v) is 4.66. The van der Waals surface area contributed by atoms with Crippen molar-refractivity contribution in [2.45, 2.75) is 40.0 Å². The van der Waals surface area contributed by atoms with Crippen LogP contribution in [0.3, 0.4) is 0 Å². The number of hydrogen-bond donors (Lipinski definition) is 1. The van der Waals surface area contributed by atoms with Gasteiger partial charge in [0, 0.05) is 11.1 Å². The SMILES string of the molecule is CCc1ncc(CCCOc2c(C)cc(C=NON)cc2C)s1. The van der Waals surface area contributed by atoms with Crippen LogP contribution in [0.5, 0.6) is 5.75 Å². The number of benzene rings is 1. The Morgan fingerprint density at radius 2 is 2.04 bits per heavy atom. The summed E-state index contributed by atoms with van der Waals surface area (Å²) in [6, 6.07) is 4.00. The first-order valence-corrected chi connectivity index (χ1v) is 8.52. The highest BCUT2D eigenvalue weighted by molar-refractivity contribution is 7.11. The molecule has 23 heavy (non-hydrogen) atoms. The number of ether oxygens (including phenoxy) is 1. The predicted octanol–water partition coefficient (Wildman–Crippen LogP) is 3.56. The largest absolute Gasteiger partial charge is 0.493 e. The van der Waals surface area contributed by atoms with E-state index >= 15 is 0 Å².